The molecule has 0 heterocycles. The van der Waals surface area contributed by atoms with Crippen LogP contribution >= 0.6 is 0 Å². The van der Waals surface area contributed by atoms with Crippen LogP contribution in [0.1, 0.15) is 5.56 Å². The number of nitrogens with zero attached hydrogens (tertiary/aromatic N) is 2. The highest BCUT2D eigenvalue weighted by Gasteiger charge is 2.04. The first-order chi connectivity index (χ1) is 8.67. The molecule has 1 aromatic carbocycles. The van der Waals surface area contributed by atoms with E-state index in [2.05, 4.69) is 22.2 Å². The standard InChI is InChI=1S/C12H16N4O2/c1-3-8-14-12(13-2)15-9-10-4-6-11(7-5-10)16(17)18/h3-7H,1,8-9H2,2H3,(H2,13,14,15). The van der Waals surface area contributed by atoms with Gasteiger partial charge in [0.15, 0.2) is 5.96 Å². The molecule has 0 spiro atoms. The summed E-state index contributed by atoms with van der Waals surface area (Å²) in [6.07, 6.45) is 1.73. The number of rotatable bonds is 5. The van der Waals surface area contributed by atoms with E-state index in [1.54, 1.807) is 25.3 Å². The van der Waals surface area contributed by atoms with Gasteiger partial charge < -0.3 is 10.6 Å². The fourth-order valence-corrected chi connectivity index (χ4v) is 1.31. The molecule has 0 fully saturated rings. The molecule has 0 bridgehead atoms. The van der Waals surface area contributed by atoms with Crippen LogP contribution in [0, 0.1) is 10.1 Å². The molecule has 6 nitrogen and oxygen atoms in total. The zero-order valence-corrected chi connectivity index (χ0v) is 10.2. The van der Waals surface area contributed by atoms with Crippen molar-refractivity contribution in [3.8, 4) is 0 Å². The molecular formula is C12H16N4O2. The van der Waals surface area contributed by atoms with Crippen LogP contribution in [0.4, 0.5) is 5.69 Å². The van der Waals surface area contributed by atoms with Crippen molar-refractivity contribution in [1.82, 2.24) is 10.6 Å². The number of benzene rings is 1. The summed E-state index contributed by atoms with van der Waals surface area (Å²) >= 11 is 0. The second kappa shape index (κ2) is 7.05. The molecule has 96 valence electrons. The summed E-state index contributed by atoms with van der Waals surface area (Å²) in [5.74, 6) is 0.660. The van der Waals surface area contributed by atoms with Gasteiger partial charge in [-0.25, -0.2) is 0 Å². The zero-order chi connectivity index (χ0) is 13.4. The maximum absolute atomic E-state index is 10.5. The number of nitro benzene ring substituents is 1. The summed E-state index contributed by atoms with van der Waals surface area (Å²) in [6, 6.07) is 6.39. The lowest BCUT2D eigenvalue weighted by Gasteiger charge is -2.10. The Morgan fingerprint density at radius 2 is 2.11 bits per heavy atom. The topological polar surface area (TPSA) is 79.6 Å². The highest BCUT2D eigenvalue weighted by atomic mass is 16.6. The van der Waals surface area contributed by atoms with E-state index in [9.17, 15) is 10.1 Å². The van der Waals surface area contributed by atoms with Crippen molar-refractivity contribution in [2.45, 2.75) is 6.54 Å². The summed E-state index contributed by atoms with van der Waals surface area (Å²) < 4.78 is 0. The van der Waals surface area contributed by atoms with E-state index in [0.29, 0.717) is 19.0 Å². The molecule has 6 heteroatoms. The van der Waals surface area contributed by atoms with Gasteiger partial charge in [0.25, 0.3) is 5.69 Å². The van der Waals surface area contributed by atoms with Crippen LogP contribution in [0.2, 0.25) is 0 Å². The lowest BCUT2D eigenvalue weighted by molar-refractivity contribution is -0.384. The molecule has 0 saturated heterocycles. The minimum absolute atomic E-state index is 0.0907. The van der Waals surface area contributed by atoms with E-state index in [1.807, 2.05) is 0 Å². The van der Waals surface area contributed by atoms with E-state index in [-0.39, 0.29) is 5.69 Å². The van der Waals surface area contributed by atoms with Crippen molar-refractivity contribution in [2.75, 3.05) is 13.6 Å². The molecule has 0 aliphatic rings. The van der Waals surface area contributed by atoms with Crippen molar-refractivity contribution in [3.63, 3.8) is 0 Å². The molecular weight excluding hydrogens is 232 g/mol. The van der Waals surface area contributed by atoms with Crippen molar-refractivity contribution in [3.05, 3.63) is 52.6 Å². The van der Waals surface area contributed by atoms with Gasteiger partial charge in [0.1, 0.15) is 0 Å². The highest BCUT2D eigenvalue weighted by Crippen LogP contribution is 2.11. The van der Waals surface area contributed by atoms with Crippen LogP contribution in [0.5, 0.6) is 0 Å². The molecule has 1 rings (SSSR count). The fraction of sp³-hybridized carbons (Fsp3) is 0.250. The van der Waals surface area contributed by atoms with Crippen LogP contribution in [0.3, 0.4) is 0 Å². The molecule has 0 radical (unpaired) electrons. The quantitative estimate of drug-likeness (QED) is 0.272. The predicted molar refractivity (Wildman–Crippen MR) is 71.5 cm³/mol. The first-order valence-corrected chi connectivity index (χ1v) is 5.46. The van der Waals surface area contributed by atoms with E-state index in [1.165, 1.54) is 12.1 Å². The molecule has 0 aliphatic carbocycles. The first kappa shape index (κ1) is 13.7. The second-order valence-electron chi connectivity index (χ2n) is 3.52. The zero-order valence-electron chi connectivity index (χ0n) is 10.2. The third kappa shape index (κ3) is 4.25. The van der Waals surface area contributed by atoms with Gasteiger partial charge in [-0.05, 0) is 5.56 Å². The van der Waals surface area contributed by atoms with Crippen molar-refractivity contribution < 1.29 is 4.92 Å². The van der Waals surface area contributed by atoms with Gasteiger partial charge in [-0.2, -0.15) is 0 Å². The van der Waals surface area contributed by atoms with Crippen LogP contribution < -0.4 is 10.6 Å². The third-order valence-electron chi connectivity index (χ3n) is 2.24. The highest BCUT2D eigenvalue weighted by molar-refractivity contribution is 5.79. The lowest BCUT2D eigenvalue weighted by atomic mass is 10.2. The Bertz CT molecular complexity index is 440. The van der Waals surface area contributed by atoms with Gasteiger partial charge in [0.05, 0.1) is 4.92 Å². The van der Waals surface area contributed by atoms with Gasteiger partial charge in [0, 0.05) is 32.3 Å². The Morgan fingerprint density at radius 1 is 1.44 bits per heavy atom. The maximum atomic E-state index is 10.5. The number of guanidine groups is 1. The molecule has 0 unspecified atom stereocenters. The normalized spacial score (nSPS) is 10.8. The number of hydrogen-bond donors (Lipinski definition) is 2. The predicted octanol–water partition coefficient (Wildman–Crippen LogP) is 1.45. The van der Waals surface area contributed by atoms with E-state index >= 15 is 0 Å². The van der Waals surface area contributed by atoms with E-state index in [0.717, 1.165) is 5.56 Å². The maximum Gasteiger partial charge on any atom is 0.269 e. The number of non-ortho nitro benzene ring substituents is 1. The van der Waals surface area contributed by atoms with Crippen molar-refractivity contribution in [1.29, 1.82) is 0 Å². The Hall–Kier alpha value is -2.37. The Balaban J connectivity index is 2.52. The molecule has 0 aromatic heterocycles. The summed E-state index contributed by atoms with van der Waals surface area (Å²) in [7, 11) is 1.67. The summed E-state index contributed by atoms with van der Waals surface area (Å²) in [5.41, 5.74) is 1.04. The van der Waals surface area contributed by atoms with Gasteiger partial charge in [-0.1, -0.05) is 18.2 Å². The van der Waals surface area contributed by atoms with Crippen LogP contribution in [0.25, 0.3) is 0 Å². The molecule has 0 saturated carbocycles. The van der Waals surface area contributed by atoms with Gasteiger partial charge >= 0.3 is 0 Å². The molecule has 2 N–H and O–H groups in total. The molecule has 0 aliphatic heterocycles. The Kier molecular flexibility index (Phi) is 5.37. The lowest BCUT2D eigenvalue weighted by Crippen LogP contribution is -2.36. The van der Waals surface area contributed by atoms with Crippen LogP contribution in [-0.4, -0.2) is 24.5 Å². The average Bonchev–Trinajstić information content (AvgIpc) is 2.39. The van der Waals surface area contributed by atoms with Gasteiger partial charge in [-0.3, -0.25) is 15.1 Å². The fourth-order valence-electron chi connectivity index (χ4n) is 1.31. The first-order valence-electron chi connectivity index (χ1n) is 5.46. The monoisotopic (exact) mass is 248 g/mol. The summed E-state index contributed by atoms with van der Waals surface area (Å²) in [4.78, 5) is 14.1. The van der Waals surface area contributed by atoms with Gasteiger partial charge in [-0.15, -0.1) is 6.58 Å². The van der Waals surface area contributed by atoms with Crippen molar-refractivity contribution in [2.24, 2.45) is 4.99 Å². The smallest absolute Gasteiger partial charge is 0.269 e. The molecule has 1 aromatic rings. The van der Waals surface area contributed by atoms with Crippen molar-refractivity contribution >= 4 is 11.6 Å². The van der Waals surface area contributed by atoms with Crippen LogP contribution in [0.15, 0.2) is 41.9 Å². The largest absolute Gasteiger partial charge is 0.353 e. The SMILES string of the molecule is C=CCNC(=NC)NCc1ccc([N+](=O)[O-])cc1. The number of nitro groups is 1. The molecule has 0 atom stereocenters. The van der Waals surface area contributed by atoms with E-state index < -0.39 is 4.92 Å². The number of hydrogen-bond acceptors (Lipinski definition) is 3. The summed E-state index contributed by atoms with van der Waals surface area (Å²) in [5, 5.41) is 16.6. The second-order valence-corrected chi connectivity index (χ2v) is 3.52. The third-order valence-corrected chi connectivity index (χ3v) is 2.24. The Labute approximate surface area is 106 Å². The minimum atomic E-state index is -0.415. The number of nitrogens with one attached hydrogen (secondary N) is 2. The van der Waals surface area contributed by atoms with Gasteiger partial charge in [0.2, 0.25) is 0 Å². The minimum Gasteiger partial charge on any atom is -0.353 e. The molecule has 0 amide bonds. The average molecular weight is 248 g/mol. The Morgan fingerprint density at radius 3 is 2.61 bits per heavy atom. The van der Waals surface area contributed by atoms with E-state index in [4.69, 9.17) is 0 Å². The molecule has 18 heavy (non-hydrogen) atoms. The van der Waals surface area contributed by atoms with Crippen LogP contribution in [-0.2, 0) is 6.54 Å². The number of aliphatic imine (C=N–C) groups is 1. The summed E-state index contributed by atoms with van der Waals surface area (Å²) in [6.45, 7) is 4.78.